The Bertz CT molecular complexity index is 301. The van der Waals surface area contributed by atoms with Crippen LogP contribution < -0.4 is 5.06 Å². The van der Waals surface area contributed by atoms with Crippen LogP contribution in [-0.4, -0.2) is 6.54 Å². The molecule has 0 aromatic heterocycles. The van der Waals surface area contributed by atoms with Crippen molar-refractivity contribution in [2.45, 2.75) is 6.42 Å². The van der Waals surface area contributed by atoms with E-state index in [1.807, 2.05) is 24.3 Å². The third-order valence-electron chi connectivity index (χ3n) is 1.98. The van der Waals surface area contributed by atoms with Crippen LogP contribution in [0.4, 0.5) is 5.69 Å². The molecule has 1 heterocycles. The quantitative estimate of drug-likeness (QED) is 0.493. The molecule has 0 saturated heterocycles. The molecule has 0 unspecified atom stereocenters. The van der Waals surface area contributed by atoms with Crippen molar-refractivity contribution >= 4 is 5.69 Å². The van der Waals surface area contributed by atoms with Crippen molar-refractivity contribution in [1.82, 2.24) is 0 Å². The molecule has 4 nitrogen and oxygen atoms in total. The fourth-order valence-electron chi connectivity index (χ4n) is 1.43. The Morgan fingerprint density at radius 2 is 2.25 bits per heavy atom. The summed E-state index contributed by atoms with van der Waals surface area (Å²) in [5.41, 5.74) is 2.14. The monoisotopic (exact) mass is 164 g/mol. The number of hydroxylamine groups is 1. The normalized spacial score (nSPS) is 14.2. The summed E-state index contributed by atoms with van der Waals surface area (Å²) >= 11 is 0. The van der Waals surface area contributed by atoms with E-state index in [2.05, 4.69) is 10.3 Å². The maximum atomic E-state index is 9.86. The van der Waals surface area contributed by atoms with Gasteiger partial charge in [0.1, 0.15) is 0 Å². The number of fused-ring (bicyclic) bond motifs is 1. The van der Waals surface area contributed by atoms with Gasteiger partial charge in [-0.1, -0.05) is 18.2 Å². The Morgan fingerprint density at radius 3 is 3.08 bits per heavy atom. The van der Waals surface area contributed by atoms with Gasteiger partial charge in [-0.25, -0.2) is 4.94 Å². The number of benzene rings is 1. The molecule has 0 fully saturated rings. The second-order valence-electron chi connectivity index (χ2n) is 2.64. The van der Waals surface area contributed by atoms with E-state index in [0.29, 0.717) is 6.54 Å². The summed E-state index contributed by atoms with van der Waals surface area (Å²) in [6.07, 6.45) is 0.908. The summed E-state index contributed by atoms with van der Waals surface area (Å²) in [6, 6.07) is 7.80. The van der Waals surface area contributed by atoms with Gasteiger partial charge in [-0.05, 0) is 18.1 Å². The van der Waals surface area contributed by atoms with Gasteiger partial charge >= 0.3 is 0 Å². The van der Waals surface area contributed by atoms with Crippen LogP contribution in [0.1, 0.15) is 5.56 Å². The molecule has 0 saturated carbocycles. The van der Waals surface area contributed by atoms with Crippen LogP contribution in [-0.2, 0) is 11.4 Å². The van der Waals surface area contributed by atoms with Gasteiger partial charge in [0.15, 0.2) is 5.34 Å². The van der Waals surface area contributed by atoms with Gasteiger partial charge in [-0.3, -0.25) is 0 Å². The van der Waals surface area contributed by atoms with Gasteiger partial charge in [0.2, 0.25) is 0 Å². The molecule has 0 aliphatic carbocycles. The lowest BCUT2D eigenvalue weighted by atomic mass is 10.2. The van der Waals surface area contributed by atoms with Crippen LogP contribution in [0.2, 0.25) is 0 Å². The predicted molar refractivity (Wildman–Crippen MR) is 44.4 cm³/mol. The summed E-state index contributed by atoms with van der Waals surface area (Å²) < 4.78 is 0. The van der Waals surface area contributed by atoms with Crippen LogP contribution in [0.5, 0.6) is 0 Å². The molecule has 1 aliphatic heterocycles. The van der Waals surface area contributed by atoms with Crippen LogP contribution in [0.3, 0.4) is 0 Å². The molecular weight excluding hydrogens is 156 g/mol. The van der Waals surface area contributed by atoms with E-state index in [1.165, 1.54) is 10.6 Å². The van der Waals surface area contributed by atoms with Crippen molar-refractivity contribution in [2.75, 3.05) is 11.6 Å². The van der Waals surface area contributed by atoms with E-state index in [9.17, 15) is 4.91 Å². The zero-order chi connectivity index (χ0) is 8.39. The van der Waals surface area contributed by atoms with E-state index in [0.717, 1.165) is 12.1 Å². The standard InChI is InChI=1S/C8H8N2O2/c11-9-12-10-6-5-7-3-1-2-4-8(7)10/h1-4H,5-6H2. The number of nitrogens with zero attached hydrogens (tertiary/aromatic N) is 2. The minimum atomic E-state index is 0.699. The SMILES string of the molecule is O=NON1CCc2ccccc21. The predicted octanol–water partition coefficient (Wildman–Crippen LogP) is 1.66. The van der Waals surface area contributed by atoms with E-state index in [1.54, 1.807) is 0 Å². The number of rotatable bonds is 2. The van der Waals surface area contributed by atoms with Gasteiger partial charge in [0.05, 0.1) is 12.2 Å². The van der Waals surface area contributed by atoms with Crippen LogP contribution in [0.15, 0.2) is 29.6 Å². The number of hydrogen-bond acceptors (Lipinski definition) is 4. The van der Waals surface area contributed by atoms with Crippen molar-refractivity contribution in [3.05, 3.63) is 34.7 Å². The van der Waals surface area contributed by atoms with Gasteiger partial charge in [0.25, 0.3) is 0 Å². The van der Waals surface area contributed by atoms with E-state index in [-0.39, 0.29) is 0 Å². The summed E-state index contributed by atoms with van der Waals surface area (Å²) in [5, 5.41) is 3.89. The zero-order valence-corrected chi connectivity index (χ0v) is 6.43. The highest BCUT2D eigenvalue weighted by molar-refractivity contribution is 5.55. The van der Waals surface area contributed by atoms with Crippen molar-refractivity contribution in [2.24, 2.45) is 5.34 Å². The first-order valence-corrected chi connectivity index (χ1v) is 3.77. The fourth-order valence-corrected chi connectivity index (χ4v) is 1.43. The highest BCUT2D eigenvalue weighted by Crippen LogP contribution is 2.27. The molecule has 2 rings (SSSR count). The van der Waals surface area contributed by atoms with Crippen molar-refractivity contribution in [3.8, 4) is 0 Å². The molecule has 0 radical (unpaired) electrons. The van der Waals surface area contributed by atoms with E-state index in [4.69, 9.17) is 0 Å². The number of anilines is 1. The minimum Gasteiger partial charge on any atom is -0.230 e. The molecule has 0 bridgehead atoms. The Kier molecular flexibility index (Phi) is 1.66. The lowest BCUT2D eigenvalue weighted by molar-refractivity contribution is 0.118. The maximum Gasteiger partial charge on any atom is 0.182 e. The Morgan fingerprint density at radius 1 is 1.42 bits per heavy atom. The average Bonchev–Trinajstić information content (AvgIpc) is 2.50. The van der Waals surface area contributed by atoms with Gasteiger partial charge in [-0.15, -0.1) is 4.91 Å². The first-order chi connectivity index (χ1) is 5.92. The minimum absolute atomic E-state index is 0.699. The molecule has 0 atom stereocenters. The third kappa shape index (κ3) is 1.01. The smallest absolute Gasteiger partial charge is 0.182 e. The molecule has 0 N–H and O–H groups in total. The fraction of sp³-hybridized carbons (Fsp3) is 0.250. The number of para-hydroxylation sites is 1. The molecule has 0 spiro atoms. The van der Waals surface area contributed by atoms with Gasteiger partial charge < -0.3 is 0 Å². The third-order valence-corrected chi connectivity index (χ3v) is 1.98. The lowest BCUT2D eigenvalue weighted by Gasteiger charge is -2.11. The second kappa shape index (κ2) is 2.81. The van der Waals surface area contributed by atoms with Crippen LogP contribution >= 0.6 is 0 Å². The van der Waals surface area contributed by atoms with Crippen LogP contribution in [0.25, 0.3) is 0 Å². The number of hydrogen-bond donors (Lipinski definition) is 0. The van der Waals surface area contributed by atoms with Gasteiger partial charge in [-0.2, -0.15) is 5.06 Å². The topological polar surface area (TPSA) is 41.9 Å². The van der Waals surface area contributed by atoms with E-state index < -0.39 is 0 Å². The molecule has 62 valence electrons. The summed E-state index contributed by atoms with van der Waals surface area (Å²) in [6.45, 7) is 0.699. The van der Waals surface area contributed by atoms with Crippen molar-refractivity contribution in [1.29, 1.82) is 0 Å². The molecule has 1 aromatic carbocycles. The highest BCUT2D eigenvalue weighted by Gasteiger charge is 2.19. The molecule has 12 heavy (non-hydrogen) atoms. The molecule has 4 heteroatoms. The first-order valence-electron chi connectivity index (χ1n) is 3.77. The van der Waals surface area contributed by atoms with Crippen LogP contribution in [0, 0.1) is 4.91 Å². The molecule has 0 amide bonds. The average molecular weight is 164 g/mol. The van der Waals surface area contributed by atoms with Crippen molar-refractivity contribution < 1.29 is 4.94 Å². The maximum absolute atomic E-state index is 9.86. The lowest BCUT2D eigenvalue weighted by Crippen LogP contribution is -2.17. The highest BCUT2D eigenvalue weighted by atomic mass is 16.9. The second-order valence-corrected chi connectivity index (χ2v) is 2.64. The largest absolute Gasteiger partial charge is 0.230 e. The Hall–Kier alpha value is -1.58. The van der Waals surface area contributed by atoms with Crippen molar-refractivity contribution in [3.63, 3.8) is 0 Å². The summed E-state index contributed by atoms with van der Waals surface area (Å²) in [7, 11) is 0. The first kappa shape index (κ1) is 7.09. The summed E-state index contributed by atoms with van der Waals surface area (Å²) in [4.78, 5) is 14.4. The van der Waals surface area contributed by atoms with Gasteiger partial charge in [0, 0.05) is 0 Å². The molecule has 1 aromatic rings. The molecule has 1 aliphatic rings. The zero-order valence-electron chi connectivity index (χ0n) is 6.43. The summed E-state index contributed by atoms with van der Waals surface area (Å²) in [5.74, 6) is 0. The Labute approximate surface area is 69.6 Å². The Balaban J connectivity index is 2.29. The molecular formula is C8H8N2O2. The van der Waals surface area contributed by atoms with E-state index >= 15 is 0 Å².